The second kappa shape index (κ2) is 3.12. The number of nitrogens with zero attached hydrogens (tertiary/aromatic N) is 3. The number of aliphatic imine (C=N–C) groups is 1. The monoisotopic (exact) mass is 236 g/mol. The molecule has 0 saturated carbocycles. The van der Waals surface area contributed by atoms with Crippen molar-refractivity contribution in [1.82, 2.24) is 9.55 Å². The number of nitrogens with two attached hydrogens (primary N) is 2. The number of aromatic nitrogens is 2. The Kier molecular flexibility index (Phi) is 1.83. The van der Waals surface area contributed by atoms with Crippen molar-refractivity contribution in [2.45, 2.75) is 25.2 Å². The fourth-order valence-corrected chi connectivity index (χ4v) is 2.20. The summed E-state index contributed by atoms with van der Waals surface area (Å²) in [5.41, 5.74) is 11.0. The minimum Gasteiger partial charge on any atom is -0.456 e. The van der Waals surface area contributed by atoms with E-state index in [1.807, 2.05) is 6.92 Å². The number of carbonyl (C=O) groups is 1. The number of primary amides is 1. The number of hydrogen-bond acceptors (Lipinski definition) is 6. The van der Waals surface area contributed by atoms with Gasteiger partial charge in [-0.1, -0.05) is 0 Å². The quantitative estimate of drug-likeness (QED) is 0.578. The van der Waals surface area contributed by atoms with Gasteiger partial charge in [0.1, 0.15) is 5.82 Å². The Labute approximate surface area is 96.6 Å². The molecule has 17 heavy (non-hydrogen) atoms. The van der Waals surface area contributed by atoms with Gasteiger partial charge in [-0.05, 0) is 6.92 Å². The number of amides is 1. The van der Waals surface area contributed by atoms with Crippen molar-refractivity contribution in [2.24, 2.45) is 16.5 Å². The molecule has 0 radical (unpaired) electrons. The van der Waals surface area contributed by atoms with Crippen molar-refractivity contribution >= 4 is 17.7 Å². The molecule has 8 heteroatoms. The summed E-state index contributed by atoms with van der Waals surface area (Å²) in [7, 11) is 0. The molecule has 0 bridgehead atoms. The van der Waals surface area contributed by atoms with Crippen LogP contribution in [-0.2, 0) is 4.74 Å². The van der Waals surface area contributed by atoms with Crippen molar-refractivity contribution in [3.8, 4) is 0 Å². The number of imidazole rings is 1. The zero-order chi connectivity index (χ0) is 12.2. The van der Waals surface area contributed by atoms with Gasteiger partial charge in [-0.25, -0.2) is 9.98 Å². The maximum atomic E-state index is 11.2. The summed E-state index contributed by atoms with van der Waals surface area (Å²) < 4.78 is 7.12. The van der Waals surface area contributed by atoms with E-state index in [-0.39, 0.29) is 30.0 Å². The van der Waals surface area contributed by atoms with E-state index in [2.05, 4.69) is 15.3 Å². The van der Waals surface area contributed by atoms with Gasteiger partial charge in [-0.3, -0.25) is 9.36 Å². The molecule has 3 heterocycles. The fourth-order valence-electron chi connectivity index (χ4n) is 2.20. The minimum absolute atomic E-state index is 0.0351. The standard InChI is InChI=1S/C9H12N6O2/c1-3-5-8(14-9(11)17-5)15-2-12-4(6(10)16)7(15)13-3/h2-3,5,8,13H,1H3,(H2,10,16)(H2,11,14)/t3?,5-,8+/m1/s1. The van der Waals surface area contributed by atoms with Crippen molar-refractivity contribution in [1.29, 1.82) is 0 Å². The fraction of sp³-hybridized carbons (Fsp3) is 0.444. The van der Waals surface area contributed by atoms with E-state index in [1.54, 1.807) is 4.57 Å². The number of nitrogens with one attached hydrogen (secondary N) is 1. The normalized spacial score (nSPS) is 29.7. The van der Waals surface area contributed by atoms with Crippen LogP contribution in [0.4, 0.5) is 5.82 Å². The highest BCUT2D eigenvalue weighted by molar-refractivity contribution is 5.96. The summed E-state index contributed by atoms with van der Waals surface area (Å²) >= 11 is 0. The predicted octanol–water partition coefficient (Wildman–Crippen LogP) is -0.992. The molecular weight excluding hydrogens is 224 g/mol. The first kappa shape index (κ1) is 9.94. The third-order valence-electron chi connectivity index (χ3n) is 2.98. The molecule has 0 fully saturated rings. The molecule has 3 atom stereocenters. The van der Waals surface area contributed by atoms with Crippen LogP contribution < -0.4 is 16.8 Å². The molecule has 3 rings (SSSR count). The van der Waals surface area contributed by atoms with E-state index in [9.17, 15) is 4.79 Å². The number of anilines is 1. The van der Waals surface area contributed by atoms with Crippen molar-refractivity contribution in [2.75, 3.05) is 5.32 Å². The second-order valence-electron chi connectivity index (χ2n) is 4.11. The molecule has 1 unspecified atom stereocenters. The highest BCUT2D eigenvalue weighted by Gasteiger charge is 2.42. The average molecular weight is 236 g/mol. The molecule has 8 nitrogen and oxygen atoms in total. The molecule has 1 amide bonds. The van der Waals surface area contributed by atoms with Crippen molar-refractivity contribution < 1.29 is 9.53 Å². The molecule has 2 aliphatic rings. The lowest BCUT2D eigenvalue weighted by molar-refractivity contribution is 0.0995. The minimum atomic E-state index is -0.576. The molecule has 1 aromatic heterocycles. The van der Waals surface area contributed by atoms with Gasteiger partial charge in [0.25, 0.3) is 11.9 Å². The largest absolute Gasteiger partial charge is 0.456 e. The van der Waals surface area contributed by atoms with E-state index in [4.69, 9.17) is 16.2 Å². The number of hydrogen-bond donors (Lipinski definition) is 3. The zero-order valence-electron chi connectivity index (χ0n) is 9.12. The Morgan fingerprint density at radius 1 is 1.65 bits per heavy atom. The second-order valence-corrected chi connectivity index (χ2v) is 4.11. The average Bonchev–Trinajstić information content (AvgIpc) is 2.80. The van der Waals surface area contributed by atoms with E-state index in [0.29, 0.717) is 5.82 Å². The molecule has 0 saturated heterocycles. The summed E-state index contributed by atoms with van der Waals surface area (Å²) in [5.74, 6) is -0.0129. The van der Waals surface area contributed by atoms with Gasteiger partial charge >= 0.3 is 0 Å². The van der Waals surface area contributed by atoms with Crippen LogP contribution >= 0.6 is 0 Å². The van der Waals surface area contributed by atoms with Crippen LogP contribution in [0.1, 0.15) is 23.6 Å². The first-order chi connectivity index (χ1) is 8.08. The van der Waals surface area contributed by atoms with Crippen LogP contribution in [0.5, 0.6) is 0 Å². The van der Waals surface area contributed by atoms with Gasteiger partial charge in [0.15, 0.2) is 18.0 Å². The van der Waals surface area contributed by atoms with Crippen LogP contribution in [0, 0.1) is 0 Å². The van der Waals surface area contributed by atoms with Crippen LogP contribution in [-0.4, -0.2) is 33.6 Å². The Morgan fingerprint density at radius 3 is 3.12 bits per heavy atom. The van der Waals surface area contributed by atoms with Crippen molar-refractivity contribution in [3.63, 3.8) is 0 Å². The zero-order valence-corrected chi connectivity index (χ0v) is 9.12. The molecular formula is C9H12N6O2. The lowest BCUT2D eigenvalue weighted by Crippen LogP contribution is -2.42. The molecule has 90 valence electrons. The Bertz CT molecular complexity index is 522. The lowest BCUT2D eigenvalue weighted by atomic mass is 10.1. The Morgan fingerprint density at radius 2 is 2.41 bits per heavy atom. The van der Waals surface area contributed by atoms with Gasteiger partial charge in [-0.2, -0.15) is 0 Å². The number of carbonyl (C=O) groups excluding carboxylic acids is 1. The van der Waals surface area contributed by atoms with Gasteiger partial charge in [0, 0.05) is 0 Å². The van der Waals surface area contributed by atoms with Crippen LogP contribution in [0.15, 0.2) is 11.3 Å². The first-order valence-corrected chi connectivity index (χ1v) is 5.21. The van der Waals surface area contributed by atoms with E-state index in [0.717, 1.165) is 0 Å². The summed E-state index contributed by atoms with van der Waals surface area (Å²) in [4.78, 5) is 19.4. The topological polar surface area (TPSA) is 121 Å². The van der Waals surface area contributed by atoms with E-state index in [1.165, 1.54) is 6.33 Å². The number of ether oxygens (including phenoxy) is 1. The number of fused-ring (bicyclic) bond motifs is 3. The SMILES string of the molecule is CC1Nc2c(C(N)=O)ncn2[C@@H]2N=C(N)O[C@H]12. The smallest absolute Gasteiger partial charge is 0.284 e. The van der Waals surface area contributed by atoms with Crippen LogP contribution in [0.3, 0.4) is 0 Å². The molecule has 1 aromatic rings. The van der Waals surface area contributed by atoms with Gasteiger partial charge in [0.2, 0.25) is 0 Å². The third-order valence-corrected chi connectivity index (χ3v) is 2.98. The van der Waals surface area contributed by atoms with E-state index >= 15 is 0 Å². The molecule has 0 aromatic carbocycles. The van der Waals surface area contributed by atoms with Gasteiger partial charge < -0.3 is 21.5 Å². The summed E-state index contributed by atoms with van der Waals surface area (Å²) in [6.45, 7) is 1.92. The summed E-state index contributed by atoms with van der Waals surface area (Å²) in [5, 5.41) is 3.13. The molecule has 5 N–H and O–H groups in total. The Hall–Kier alpha value is -2.25. The third kappa shape index (κ3) is 1.26. The van der Waals surface area contributed by atoms with Crippen molar-refractivity contribution in [3.05, 3.63) is 12.0 Å². The number of amidine groups is 1. The van der Waals surface area contributed by atoms with Crippen LogP contribution in [0.2, 0.25) is 0 Å². The summed E-state index contributed by atoms with van der Waals surface area (Å²) in [6, 6.07) is 0.114. The number of rotatable bonds is 1. The highest BCUT2D eigenvalue weighted by atomic mass is 16.5. The first-order valence-electron chi connectivity index (χ1n) is 5.21. The van der Waals surface area contributed by atoms with Gasteiger partial charge in [0.05, 0.1) is 12.4 Å². The summed E-state index contributed by atoms with van der Waals surface area (Å²) in [6.07, 6.45) is 1.02. The Balaban J connectivity index is 2.10. The van der Waals surface area contributed by atoms with Crippen LogP contribution in [0.25, 0.3) is 0 Å². The maximum absolute atomic E-state index is 11.2. The highest BCUT2D eigenvalue weighted by Crippen LogP contribution is 2.35. The molecule has 0 spiro atoms. The van der Waals surface area contributed by atoms with Gasteiger partial charge in [-0.15, -0.1) is 0 Å². The lowest BCUT2D eigenvalue weighted by Gasteiger charge is -2.32. The molecule has 0 aliphatic carbocycles. The molecule has 2 aliphatic heterocycles. The predicted molar refractivity (Wildman–Crippen MR) is 59.4 cm³/mol. The van der Waals surface area contributed by atoms with E-state index < -0.39 is 5.91 Å². The maximum Gasteiger partial charge on any atom is 0.284 e.